The fourth-order valence-corrected chi connectivity index (χ4v) is 5.56. The maximum atomic E-state index is 12.3. The largest absolute Gasteiger partial charge is 0.355 e. The van der Waals surface area contributed by atoms with E-state index in [9.17, 15) is 8.42 Å². The number of benzene rings is 1. The molecule has 0 spiro atoms. The van der Waals surface area contributed by atoms with Crippen LogP contribution in [0.25, 0.3) is 0 Å². The van der Waals surface area contributed by atoms with E-state index in [-0.39, 0.29) is 0 Å². The summed E-state index contributed by atoms with van der Waals surface area (Å²) >= 11 is 0. The minimum absolute atomic E-state index is 0.358. The third-order valence-electron chi connectivity index (χ3n) is 5.82. The Morgan fingerprint density at radius 3 is 2.68 bits per heavy atom. The zero-order valence-corrected chi connectivity index (χ0v) is 15.7. The molecule has 0 saturated carbocycles. The van der Waals surface area contributed by atoms with Gasteiger partial charge in [0.15, 0.2) is 5.84 Å². The fourth-order valence-electron chi connectivity index (χ4n) is 4.33. The molecule has 4 rings (SSSR count). The van der Waals surface area contributed by atoms with Crippen LogP contribution in [-0.4, -0.2) is 56.8 Å². The molecule has 2 fully saturated rings. The zero-order valence-electron chi connectivity index (χ0n) is 14.9. The third-order valence-corrected chi connectivity index (χ3v) is 7.15. The van der Waals surface area contributed by atoms with Crippen molar-refractivity contribution >= 4 is 15.9 Å². The second-order valence-corrected chi connectivity index (χ2v) is 9.40. The molecular weight excluding hydrogens is 334 g/mol. The van der Waals surface area contributed by atoms with Gasteiger partial charge in [0.2, 0.25) is 0 Å². The Balaban J connectivity index is 1.47. The van der Waals surface area contributed by atoms with Gasteiger partial charge in [-0.2, -0.15) is 8.42 Å². The number of fused-ring (bicyclic) bond motifs is 1. The van der Waals surface area contributed by atoms with E-state index in [4.69, 9.17) is 0 Å². The normalized spacial score (nSPS) is 27.2. The molecule has 1 atom stereocenters. The standard InChI is InChI=1S/C19H27N3O2S/c1-15-8-11-21(12-9-15)13-16-5-4-10-22(14-16)19-17-6-2-3-7-18(17)25(23,24)20-19/h2-3,6-7,15-16H,4-5,8-14H2,1H3. The van der Waals surface area contributed by atoms with E-state index in [1.165, 1.54) is 32.4 Å². The van der Waals surface area contributed by atoms with Gasteiger partial charge in [-0.3, -0.25) is 0 Å². The maximum Gasteiger partial charge on any atom is 0.285 e. The third kappa shape index (κ3) is 3.47. The summed E-state index contributed by atoms with van der Waals surface area (Å²) in [6, 6.07) is 7.21. The molecule has 1 aromatic rings. The Morgan fingerprint density at radius 2 is 1.88 bits per heavy atom. The first-order chi connectivity index (χ1) is 12.0. The second-order valence-electron chi connectivity index (χ2n) is 7.82. The van der Waals surface area contributed by atoms with E-state index in [1.807, 2.05) is 12.1 Å². The SMILES string of the molecule is CC1CCN(CC2CCCN(C3=NS(=O)(=O)c4ccccc43)C2)CC1. The Hall–Kier alpha value is -1.40. The molecule has 3 aliphatic rings. The summed E-state index contributed by atoms with van der Waals surface area (Å²) in [5.41, 5.74) is 0.773. The van der Waals surface area contributed by atoms with Gasteiger partial charge in [-0.05, 0) is 62.7 Å². The smallest absolute Gasteiger partial charge is 0.285 e. The first kappa shape index (κ1) is 17.0. The highest BCUT2D eigenvalue weighted by atomic mass is 32.2. The van der Waals surface area contributed by atoms with Gasteiger partial charge in [0.25, 0.3) is 10.0 Å². The summed E-state index contributed by atoms with van der Waals surface area (Å²) in [7, 11) is -3.52. The van der Waals surface area contributed by atoms with Crippen molar-refractivity contribution in [3.05, 3.63) is 29.8 Å². The van der Waals surface area contributed by atoms with Gasteiger partial charge in [0.1, 0.15) is 4.90 Å². The van der Waals surface area contributed by atoms with Crippen molar-refractivity contribution in [2.24, 2.45) is 16.2 Å². The van der Waals surface area contributed by atoms with Crippen molar-refractivity contribution in [2.75, 3.05) is 32.7 Å². The van der Waals surface area contributed by atoms with Gasteiger partial charge in [-0.1, -0.05) is 19.1 Å². The number of sulfonamides is 1. The lowest BCUT2D eigenvalue weighted by Gasteiger charge is -2.38. The van der Waals surface area contributed by atoms with Crippen LogP contribution in [0.3, 0.4) is 0 Å². The molecule has 0 N–H and O–H groups in total. The summed E-state index contributed by atoms with van der Waals surface area (Å²) < 4.78 is 28.7. The van der Waals surface area contributed by atoms with Crippen molar-refractivity contribution in [3.8, 4) is 0 Å². The first-order valence-corrected chi connectivity index (χ1v) is 10.9. The minimum atomic E-state index is -3.52. The van der Waals surface area contributed by atoms with Gasteiger partial charge >= 0.3 is 0 Å². The van der Waals surface area contributed by atoms with Crippen LogP contribution in [0.2, 0.25) is 0 Å². The molecule has 0 radical (unpaired) electrons. The van der Waals surface area contributed by atoms with Crippen LogP contribution in [0.4, 0.5) is 0 Å². The summed E-state index contributed by atoms with van der Waals surface area (Å²) in [6.45, 7) is 7.69. The molecule has 3 aliphatic heterocycles. The molecule has 1 aromatic carbocycles. The quantitative estimate of drug-likeness (QED) is 0.812. The van der Waals surface area contributed by atoms with E-state index in [0.717, 1.165) is 37.5 Å². The van der Waals surface area contributed by atoms with Gasteiger partial charge in [0, 0.05) is 25.2 Å². The van der Waals surface area contributed by atoms with E-state index in [2.05, 4.69) is 21.1 Å². The molecule has 0 amide bonds. The predicted molar refractivity (Wildman–Crippen MR) is 99.3 cm³/mol. The number of hydrogen-bond acceptors (Lipinski definition) is 4. The van der Waals surface area contributed by atoms with Crippen LogP contribution in [0, 0.1) is 11.8 Å². The van der Waals surface area contributed by atoms with E-state index < -0.39 is 10.0 Å². The van der Waals surface area contributed by atoms with E-state index in [0.29, 0.717) is 16.6 Å². The lowest BCUT2D eigenvalue weighted by Crippen LogP contribution is -2.45. The molecule has 6 heteroatoms. The summed E-state index contributed by atoms with van der Waals surface area (Å²) in [5.74, 6) is 2.11. The van der Waals surface area contributed by atoms with Crippen molar-refractivity contribution in [3.63, 3.8) is 0 Å². The Kier molecular flexibility index (Phi) is 4.58. The maximum absolute atomic E-state index is 12.3. The van der Waals surface area contributed by atoms with E-state index >= 15 is 0 Å². The highest BCUT2D eigenvalue weighted by molar-refractivity contribution is 7.90. The molecule has 2 saturated heterocycles. The highest BCUT2D eigenvalue weighted by Crippen LogP contribution is 2.30. The van der Waals surface area contributed by atoms with Crippen LogP contribution in [0.1, 0.15) is 38.2 Å². The molecular formula is C19H27N3O2S. The molecule has 0 aromatic heterocycles. The monoisotopic (exact) mass is 361 g/mol. The summed E-state index contributed by atoms with van der Waals surface area (Å²) in [5, 5.41) is 0. The van der Waals surface area contributed by atoms with Crippen molar-refractivity contribution in [1.29, 1.82) is 0 Å². The van der Waals surface area contributed by atoms with Gasteiger partial charge in [0.05, 0.1) is 0 Å². The Labute approximate surface area is 150 Å². The number of nitrogens with zero attached hydrogens (tertiary/aromatic N) is 3. The van der Waals surface area contributed by atoms with Crippen LogP contribution in [0.15, 0.2) is 33.6 Å². The van der Waals surface area contributed by atoms with Crippen molar-refractivity contribution < 1.29 is 8.42 Å². The van der Waals surface area contributed by atoms with Crippen molar-refractivity contribution in [1.82, 2.24) is 9.80 Å². The number of hydrogen-bond donors (Lipinski definition) is 0. The molecule has 0 bridgehead atoms. The number of amidine groups is 1. The summed E-state index contributed by atoms with van der Waals surface area (Å²) in [4.78, 5) is 5.15. The van der Waals surface area contributed by atoms with Gasteiger partial charge in [-0.25, -0.2) is 0 Å². The van der Waals surface area contributed by atoms with Gasteiger partial charge < -0.3 is 9.80 Å². The molecule has 25 heavy (non-hydrogen) atoms. The van der Waals surface area contributed by atoms with Crippen molar-refractivity contribution in [2.45, 2.75) is 37.5 Å². The average Bonchev–Trinajstić information content (AvgIpc) is 2.89. The zero-order chi connectivity index (χ0) is 17.4. The Bertz CT molecular complexity index is 767. The first-order valence-electron chi connectivity index (χ1n) is 9.44. The van der Waals surface area contributed by atoms with Crippen LogP contribution < -0.4 is 0 Å². The fraction of sp³-hybridized carbons (Fsp3) is 0.632. The second kappa shape index (κ2) is 6.72. The van der Waals surface area contributed by atoms with Crippen LogP contribution in [-0.2, 0) is 10.0 Å². The highest BCUT2D eigenvalue weighted by Gasteiger charge is 2.34. The number of rotatable bonds is 2. The lowest BCUT2D eigenvalue weighted by atomic mass is 9.94. The topological polar surface area (TPSA) is 53.0 Å². The predicted octanol–water partition coefficient (Wildman–Crippen LogP) is 2.58. The van der Waals surface area contributed by atoms with Crippen LogP contribution >= 0.6 is 0 Å². The average molecular weight is 362 g/mol. The molecule has 5 nitrogen and oxygen atoms in total. The lowest BCUT2D eigenvalue weighted by molar-refractivity contribution is 0.137. The number of piperidine rings is 2. The molecule has 3 heterocycles. The molecule has 1 unspecified atom stereocenters. The number of likely N-dealkylation sites (tertiary alicyclic amines) is 2. The van der Waals surface area contributed by atoms with Crippen LogP contribution in [0.5, 0.6) is 0 Å². The minimum Gasteiger partial charge on any atom is -0.355 e. The van der Waals surface area contributed by atoms with E-state index in [1.54, 1.807) is 12.1 Å². The Morgan fingerprint density at radius 1 is 1.12 bits per heavy atom. The summed E-state index contributed by atoms with van der Waals surface area (Å²) in [6.07, 6.45) is 4.93. The van der Waals surface area contributed by atoms with Gasteiger partial charge in [-0.15, -0.1) is 4.40 Å². The molecule has 0 aliphatic carbocycles. The molecule has 136 valence electrons.